The minimum Gasteiger partial charge on any atom is -0.481 e. The van der Waals surface area contributed by atoms with E-state index in [1.165, 1.54) is 34.6 Å². The molecule has 2 aromatic rings. The molecule has 0 N–H and O–H groups in total. The number of carbonyl (C=O) groups excluding carboxylic acids is 3. The standard InChI is InChI=1S/C29H36N2O10S/c1-28(2,3)40-24(32)17-31-20-16-19(42(35,36)30-12-14-37-15-13-30)10-11-21(20)39-23-9-7-8-22(26(23)27(31)34)38-18-25(33)41-29(4,5)6/h7-11,16H,12-15,17-18H2,1-6H3. The highest BCUT2D eigenvalue weighted by Crippen LogP contribution is 2.43. The first kappa shape index (κ1) is 31.3. The van der Waals surface area contributed by atoms with Crippen molar-refractivity contribution in [2.75, 3.05) is 44.4 Å². The van der Waals surface area contributed by atoms with Gasteiger partial charge in [0, 0.05) is 13.1 Å². The lowest BCUT2D eigenvalue weighted by Gasteiger charge is -2.27. The van der Waals surface area contributed by atoms with Crippen molar-refractivity contribution in [3.63, 3.8) is 0 Å². The summed E-state index contributed by atoms with van der Waals surface area (Å²) >= 11 is 0. The van der Waals surface area contributed by atoms with Gasteiger partial charge in [-0.15, -0.1) is 0 Å². The van der Waals surface area contributed by atoms with Crippen molar-refractivity contribution in [3.8, 4) is 17.2 Å². The molecule has 42 heavy (non-hydrogen) atoms. The first-order valence-electron chi connectivity index (χ1n) is 13.5. The van der Waals surface area contributed by atoms with Gasteiger partial charge < -0.3 is 23.7 Å². The number of morpholine rings is 1. The summed E-state index contributed by atoms with van der Waals surface area (Å²) in [5.74, 6) is -1.83. The van der Waals surface area contributed by atoms with Crippen molar-refractivity contribution >= 4 is 33.6 Å². The Kier molecular flexibility index (Phi) is 8.86. The minimum atomic E-state index is -3.95. The van der Waals surface area contributed by atoms with Crippen molar-refractivity contribution < 1.29 is 46.5 Å². The van der Waals surface area contributed by atoms with Gasteiger partial charge in [0.1, 0.15) is 34.8 Å². The third-order valence-corrected chi connectivity index (χ3v) is 7.86. The molecule has 2 heterocycles. The smallest absolute Gasteiger partial charge is 0.344 e. The zero-order valence-electron chi connectivity index (χ0n) is 24.6. The molecule has 1 fully saturated rings. The van der Waals surface area contributed by atoms with Gasteiger partial charge in [-0.25, -0.2) is 13.2 Å². The summed E-state index contributed by atoms with van der Waals surface area (Å²) < 4.78 is 56.0. The van der Waals surface area contributed by atoms with E-state index in [9.17, 15) is 22.8 Å². The number of hydrogen-bond donors (Lipinski definition) is 0. The highest BCUT2D eigenvalue weighted by atomic mass is 32.2. The van der Waals surface area contributed by atoms with E-state index in [-0.39, 0.29) is 59.7 Å². The second kappa shape index (κ2) is 11.9. The molecule has 1 saturated heterocycles. The molecule has 13 heteroatoms. The summed E-state index contributed by atoms with van der Waals surface area (Å²) in [5, 5.41) is 0. The highest BCUT2D eigenvalue weighted by Gasteiger charge is 2.36. The van der Waals surface area contributed by atoms with Gasteiger partial charge in [-0.3, -0.25) is 14.5 Å². The Morgan fingerprint density at radius 2 is 1.55 bits per heavy atom. The Morgan fingerprint density at radius 1 is 0.905 bits per heavy atom. The minimum absolute atomic E-state index is 0.0199. The van der Waals surface area contributed by atoms with Crippen LogP contribution < -0.4 is 14.4 Å². The first-order chi connectivity index (χ1) is 19.5. The third-order valence-electron chi connectivity index (χ3n) is 5.97. The summed E-state index contributed by atoms with van der Waals surface area (Å²) in [6.07, 6.45) is 0. The van der Waals surface area contributed by atoms with E-state index in [0.717, 1.165) is 4.90 Å². The Labute approximate surface area is 245 Å². The van der Waals surface area contributed by atoms with Crippen LogP contribution in [0.5, 0.6) is 17.2 Å². The van der Waals surface area contributed by atoms with E-state index in [4.69, 9.17) is 23.7 Å². The molecule has 0 aliphatic carbocycles. The van der Waals surface area contributed by atoms with E-state index >= 15 is 0 Å². The monoisotopic (exact) mass is 604 g/mol. The van der Waals surface area contributed by atoms with Crippen LogP contribution in [0.1, 0.15) is 51.9 Å². The van der Waals surface area contributed by atoms with Gasteiger partial charge in [-0.1, -0.05) is 6.07 Å². The van der Waals surface area contributed by atoms with Crippen LogP contribution in [0.3, 0.4) is 0 Å². The van der Waals surface area contributed by atoms with Crippen LogP contribution in [0, 0.1) is 0 Å². The van der Waals surface area contributed by atoms with Crippen molar-refractivity contribution in [2.24, 2.45) is 0 Å². The first-order valence-corrected chi connectivity index (χ1v) is 14.9. The molecule has 4 rings (SSSR count). The van der Waals surface area contributed by atoms with Crippen molar-refractivity contribution in [2.45, 2.75) is 57.6 Å². The molecular weight excluding hydrogens is 568 g/mol. The predicted molar refractivity (Wildman–Crippen MR) is 151 cm³/mol. The van der Waals surface area contributed by atoms with Gasteiger partial charge in [0.05, 0.1) is 23.8 Å². The number of rotatable bonds is 7. The molecule has 1 amide bonds. The average Bonchev–Trinajstić information content (AvgIpc) is 3.00. The molecule has 0 bridgehead atoms. The average molecular weight is 605 g/mol. The maximum absolute atomic E-state index is 14.1. The predicted octanol–water partition coefficient (Wildman–Crippen LogP) is 3.52. The molecule has 228 valence electrons. The van der Waals surface area contributed by atoms with Gasteiger partial charge in [-0.2, -0.15) is 4.31 Å². The van der Waals surface area contributed by atoms with Crippen LogP contribution >= 0.6 is 0 Å². The number of benzene rings is 2. The van der Waals surface area contributed by atoms with E-state index in [2.05, 4.69) is 0 Å². The lowest BCUT2D eigenvalue weighted by Crippen LogP contribution is -2.41. The maximum atomic E-state index is 14.1. The number of carbonyl (C=O) groups is 3. The maximum Gasteiger partial charge on any atom is 0.344 e. The molecule has 12 nitrogen and oxygen atoms in total. The summed E-state index contributed by atoms with van der Waals surface area (Å²) in [4.78, 5) is 40.4. The van der Waals surface area contributed by atoms with E-state index in [0.29, 0.717) is 0 Å². The van der Waals surface area contributed by atoms with Crippen LogP contribution in [0.2, 0.25) is 0 Å². The molecule has 0 aromatic heterocycles. The van der Waals surface area contributed by atoms with Crippen LogP contribution in [0.15, 0.2) is 41.3 Å². The SMILES string of the molecule is CC(C)(C)OC(=O)COc1cccc2c1C(=O)N(CC(=O)OC(C)(C)C)c1cc(S(=O)(=O)N3CCOCC3)ccc1O2. The zero-order chi connectivity index (χ0) is 30.9. The number of sulfonamides is 1. The quantitative estimate of drug-likeness (QED) is 0.432. The largest absolute Gasteiger partial charge is 0.481 e. The van der Waals surface area contributed by atoms with Crippen LogP contribution in [-0.2, 0) is 33.8 Å². The number of esters is 2. The Bertz CT molecular complexity index is 1470. The van der Waals surface area contributed by atoms with Gasteiger partial charge in [-0.05, 0) is 71.9 Å². The number of nitrogens with zero attached hydrogens (tertiary/aromatic N) is 2. The number of amides is 1. The Morgan fingerprint density at radius 3 is 2.19 bits per heavy atom. The topological polar surface area (TPSA) is 138 Å². The molecule has 0 spiro atoms. The van der Waals surface area contributed by atoms with E-state index in [1.807, 2.05) is 0 Å². The summed E-state index contributed by atoms with van der Waals surface area (Å²) in [7, 11) is -3.95. The van der Waals surface area contributed by atoms with Crippen LogP contribution in [-0.4, -0.2) is 81.2 Å². The lowest BCUT2D eigenvalue weighted by atomic mass is 10.1. The van der Waals surface area contributed by atoms with Crippen molar-refractivity contribution in [1.29, 1.82) is 0 Å². The van der Waals surface area contributed by atoms with E-state index < -0.39 is 52.2 Å². The second-order valence-electron chi connectivity index (χ2n) is 11.7. The molecular formula is C29H36N2O10S. The summed E-state index contributed by atoms with van der Waals surface area (Å²) in [6.45, 7) is 10.1. The number of ether oxygens (including phenoxy) is 5. The third kappa shape index (κ3) is 7.39. The van der Waals surface area contributed by atoms with Crippen molar-refractivity contribution in [3.05, 3.63) is 42.0 Å². The normalized spacial score (nSPS) is 16.0. The molecule has 2 aliphatic rings. The number of fused-ring (bicyclic) bond motifs is 2. The van der Waals surface area contributed by atoms with Gasteiger partial charge >= 0.3 is 11.9 Å². The molecule has 2 aromatic carbocycles. The fourth-order valence-corrected chi connectivity index (χ4v) is 5.78. The Hall–Kier alpha value is -3.68. The fourth-order valence-electron chi connectivity index (χ4n) is 4.35. The highest BCUT2D eigenvalue weighted by molar-refractivity contribution is 7.89. The molecule has 0 unspecified atom stereocenters. The zero-order valence-corrected chi connectivity index (χ0v) is 25.4. The molecule has 0 saturated carbocycles. The second-order valence-corrected chi connectivity index (χ2v) is 13.7. The number of hydrogen-bond acceptors (Lipinski definition) is 10. The van der Waals surface area contributed by atoms with Crippen LogP contribution in [0.4, 0.5) is 5.69 Å². The van der Waals surface area contributed by atoms with E-state index in [1.54, 1.807) is 47.6 Å². The fraction of sp³-hybridized carbons (Fsp3) is 0.483. The van der Waals surface area contributed by atoms with Crippen LogP contribution in [0.25, 0.3) is 0 Å². The van der Waals surface area contributed by atoms with Gasteiger partial charge in [0.15, 0.2) is 12.4 Å². The molecule has 0 atom stereocenters. The van der Waals surface area contributed by atoms with Gasteiger partial charge in [0.25, 0.3) is 5.91 Å². The summed E-state index contributed by atoms with van der Waals surface area (Å²) in [5.41, 5.74) is -1.59. The lowest BCUT2D eigenvalue weighted by molar-refractivity contribution is -0.157. The Balaban J connectivity index is 1.75. The summed E-state index contributed by atoms with van der Waals surface area (Å²) in [6, 6.07) is 8.72. The number of anilines is 1. The molecule has 2 aliphatic heterocycles. The van der Waals surface area contributed by atoms with Gasteiger partial charge in [0.2, 0.25) is 10.0 Å². The molecule has 0 radical (unpaired) electrons. The van der Waals surface area contributed by atoms with Crippen molar-refractivity contribution in [1.82, 2.24) is 4.31 Å².